The first-order valence-corrected chi connectivity index (χ1v) is 9.73. The lowest BCUT2D eigenvalue weighted by atomic mass is 10.1. The lowest BCUT2D eigenvalue weighted by molar-refractivity contribution is -0.137. The lowest BCUT2D eigenvalue weighted by Gasteiger charge is -2.22. The van der Waals surface area contributed by atoms with Crippen LogP contribution in [0.4, 0.5) is 13.2 Å². The van der Waals surface area contributed by atoms with Gasteiger partial charge in [0.25, 0.3) is 0 Å². The Kier molecular flexibility index (Phi) is 4.83. The molecule has 1 aromatic carbocycles. The second kappa shape index (κ2) is 6.79. The van der Waals surface area contributed by atoms with Gasteiger partial charge >= 0.3 is 12.1 Å². The summed E-state index contributed by atoms with van der Waals surface area (Å²) in [7, 11) is -3.12. The third-order valence-electron chi connectivity index (χ3n) is 4.16. The number of aromatic nitrogens is 1. The predicted octanol–water partition coefficient (Wildman–Crippen LogP) is 3.23. The Hall–Kier alpha value is -2.29. The highest BCUT2D eigenvalue weighted by Crippen LogP contribution is 2.32. The molecule has 5 nitrogen and oxygen atoms in total. The van der Waals surface area contributed by atoms with Crippen LogP contribution in [0, 0.1) is 0 Å². The predicted molar refractivity (Wildman–Crippen MR) is 87.9 cm³/mol. The summed E-state index contributed by atoms with van der Waals surface area (Å²) in [5.74, 6) is -1.08. The van der Waals surface area contributed by atoms with E-state index in [0.29, 0.717) is 0 Å². The van der Waals surface area contributed by atoms with Crippen LogP contribution in [0.5, 0.6) is 0 Å². The molecular weight excluding hydrogens is 371 g/mol. The molecule has 2 aromatic rings. The number of nitrogens with zero attached hydrogens (tertiary/aromatic N) is 1. The molecule has 2 heterocycles. The average Bonchev–Trinajstić information content (AvgIpc) is 3.10. The minimum atomic E-state index is -4.61. The Bertz CT molecular complexity index is 891. The van der Waals surface area contributed by atoms with Crippen LogP contribution < -0.4 is 0 Å². The van der Waals surface area contributed by atoms with Crippen LogP contribution in [0.25, 0.3) is 5.69 Å². The van der Waals surface area contributed by atoms with E-state index in [0.717, 1.165) is 12.1 Å². The molecule has 1 aromatic heterocycles. The molecule has 140 valence electrons. The van der Waals surface area contributed by atoms with Gasteiger partial charge in [-0.3, -0.25) is 0 Å². The molecule has 0 amide bonds. The topological polar surface area (TPSA) is 65.4 Å². The summed E-state index contributed by atoms with van der Waals surface area (Å²) < 4.78 is 69.0. The van der Waals surface area contributed by atoms with Gasteiger partial charge in [0, 0.05) is 18.1 Å². The van der Waals surface area contributed by atoms with E-state index in [1.807, 2.05) is 0 Å². The molecule has 9 heteroatoms. The molecule has 0 atom stereocenters. The van der Waals surface area contributed by atoms with Crippen LogP contribution in [-0.4, -0.2) is 36.6 Å². The largest absolute Gasteiger partial charge is 0.459 e. The van der Waals surface area contributed by atoms with Gasteiger partial charge in [-0.25, -0.2) is 13.2 Å². The number of carbonyl (C=O) groups is 1. The number of sulfone groups is 1. The molecule has 1 fully saturated rings. The van der Waals surface area contributed by atoms with Gasteiger partial charge < -0.3 is 9.30 Å². The minimum absolute atomic E-state index is 0.0951. The Labute approximate surface area is 148 Å². The van der Waals surface area contributed by atoms with E-state index in [2.05, 4.69) is 0 Å². The van der Waals surface area contributed by atoms with Crippen molar-refractivity contribution in [3.63, 3.8) is 0 Å². The molecule has 0 bridgehead atoms. The monoisotopic (exact) mass is 387 g/mol. The van der Waals surface area contributed by atoms with E-state index in [1.54, 1.807) is 24.5 Å². The fourth-order valence-electron chi connectivity index (χ4n) is 2.75. The van der Waals surface area contributed by atoms with Crippen molar-refractivity contribution < 1.29 is 31.1 Å². The first-order valence-electron chi connectivity index (χ1n) is 7.91. The molecule has 0 unspecified atom stereocenters. The highest BCUT2D eigenvalue weighted by Gasteiger charge is 2.33. The third kappa shape index (κ3) is 4.27. The molecule has 1 aliphatic rings. The summed E-state index contributed by atoms with van der Waals surface area (Å²) in [6.45, 7) is 0. The number of ether oxygens (including phenoxy) is 1. The molecule has 0 radical (unpaired) electrons. The van der Waals surface area contributed by atoms with Crippen LogP contribution in [0.2, 0.25) is 0 Å². The SMILES string of the molecule is O=C(OC1CCS(=O)(=O)CC1)c1cc(-n2cccc2)cc(C(F)(F)F)c1. The third-order valence-corrected chi connectivity index (χ3v) is 5.87. The molecule has 1 aliphatic heterocycles. The number of hydrogen-bond donors (Lipinski definition) is 0. The normalized spacial score (nSPS) is 17.8. The van der Waals surface area contributed by atoms with Crippen molar-refractivity contribution in [1.82, 2.24) is 4.57 Å². The van der Waals surface area contributed by atoms with Gasteiger partial charge in [-0.15, -0.1) is 0 Å². The van der Waals surface area contributed by atoms with Gasteiger partial charge in [0.15, 0.2) is 9.84 Å². The van der Waals surface area contributed by atoms with E-state index < -0.39 is 33.7 Å². The smallest absolute Gasteiger partial charge is 0.416 e. The minimum Gasteiger partial charge on any atom is -0.459 e. The van der Waals surface area contributed by atoms with Gasteiger partial charge in [-0.1, -0.05) is 0 Å². The summed E-state index contributed by atoms with van der Waals surface area (Å²) >= 11 is 0. The number of benzene rings is 1. The quantitative estimate of drug-likeness (QED) is 0.759. The lowest BCUT2D eigenvalue weighted by Crippen LogP contribution is -2.30. The molecular formula is C17H16F3NO4S. The zero-order chi connectivity index (χ0) is 18.9. The van der Waals surface area contributed by atoms with E-state index in [4.69, 9.17) is 4.74 Å². The van der Waals surface area contributed by atoms with Crippen molar-refractivity contribution in [3.8, 4) is 5.69 Å². The van der Waals surface area contributed by atoms with Crippen LogP contribution in [0.1, 0.15) is 28.8 Å². The van der Waals surface area contributed by atoms with Crippen LogP contribution in [-0.2, 0) is 20.8 Å². The summed E-state index contributed by atoms with van der Waals surface area (Å²) in [4.78, 5) is 12.3. The molecule has 0 spiro atoms. The van der Waals surface area contributed by atoms with Crippen molar-refractivity contribution in [1.29, 1.82) is 0 Å². The second-order valence-corrected chi connectivity index (χ2v) is 8.42. The Balaban J connectivity index is 1.86. The number of alkyl halides is 3. The standard InChI is InChI=1S/C17H16F3NO4S/c18-17(19,20)13-9-12(10-14(11-13)21-5-1-2-6-21)16(22)25-15-3-7-26(23,24)8-4-15/h1-2,5-6,9-11,15H,3-4,7-8H2. The maximum atomic E-state index is 13.2. The zero-order valence-corrected chi connectivity index (χ0v) is 14.4. The van der Waals surface area contributed by atoms with Gasteiger partial charge in [-0.05, 0) is 43.2 Å². The summed E-state index contributed by atoms with van der Waals surface area (Å²) in [5, 5.41) is 0. The molecule has 1 saturated heterocycles. The highest BCUT2D eigenvalue weighted by atomic mass is 32.2. The summed E-state index contributed by atoms with van der Waals surface area (Å²) in [6, 6.07) is 6.32. The zero-order valence-electron chi connectivity index (χ0n) is 13.6. The molecule has 0 N–H and O–H groups in total. The Morgan fingerprint density at radius 3 is 2.27 bits per heavy atom. The van der Waals surface area contributed by atoms with E-state index in [-0.39, 0.29) is 35.6 Å². The fourth-order valence-corrected chi connectivity index (χ4v) is 4.20. The molecule has 26 heavy (non-hydrogen) atoms. The van der Waals surface area contributed by atoms with Crippen molar-refractivity contribution in [2.75, 3.05) is 11.5 Å². The van der Waals surface area contributed by atoms with Crippen molar-refractivity contribution in [2.45, 2.75) is 25.1 Å². The second-order valence-electron chi connectivity index (χ2n) is 6.11. The number of carbonyl (C=O) groups excluding carboxylic acids is 1. The number of esters is 1. The first-order chi connectivity index (χ1) is 12.1. The summed E-state index contributed by atoms with van der Waals surface area (Å²) in [5.41, 5.74) is -0.998. The van der Waals surface area contributed by atoms with E-state index in [9.17, 15) is 26.4 Å². The van der Waals surface area contributed by atoms with Crippen LogP contribution in [0.15, 0.2) is 42.7 Å². The maximum Gasteiger partial charge on any atom is 0.416 e. The number of halogens is 3. The molecule has 0 saturated carbocycles. The Morgan fingerprint density at radius 2 is 1.69 bits per heavy atom. The molecule has 3 rings (SSSR count). The van der Waals surface area contributed by atoms with Crippen LogP contribution in [0.3, 0.4) is 0 Å². The molecule has 0 aliphatic carbocycles. The van der Waals surface area contributed by atoms with Gasteiger partial charge in [0.2, 0.25) is 0 Å². The summed E-state index contributed by atoms with van der Waals surface area (Å²) in [6.07, 6.45) is -1.80. The van der Waals surface area contributed by atoms with E-state index in [1.165, 1.54) is 10.6 Å². The first kappa shape index (κ1) is 18.5. The van der Waals surface area contributed by atoms with Gasteiger partial charge in [-0.2, -0.15) is 13.2 Å². The van der Waals surface area contributed by atoms with Crippen molar-refractivity contribution >= 4 is 15.8 Å². The maximum absolute atomic E-state index is 13.2. The van der Waals surface area contributed by atoms with Crippen LogP contribution >= 0.6 is 0 Å². The number of hydrogen-bond acceptors (Lipinski definition) is 4. The highest BCUT2D eigenvalue weighted by molar-refractivity contribution is 7.91. The van der Waals surface area contributed by atoms with Crippen molar-refractivity contribution in [2.24, 2.45) is 0 Å². The number of rotatable bonds is 3. The van der Waals surface area contributed by atoms with Crippen molar-refractivity contribution in [3.05, 3.63) is 53.9 Å². The average molecular weight is 387 g/mol. The van der Waals surface area contributed by atoms with Gasteiger partial charge in [0.05, 0.1) is 22.6 Å². The van der Waals surface area contributed by atoms with Gasteiger partial charge in [0.1, 0.15) is 6.10 Å². The van der Waals surface area contributed by atoms with E-state index >= 15 is 0 Å². The Morgan fingerprint density at radius 1 is 1.08 bits per heavy atom. The fraction of sp³-hybridized carbons (Fsp3) is 0.353.